The van der Waals surface area contributed by atoms with Crippen LogP contribution < -0.4 is 10.0 Å². The predicted molar refractivity (Wildman–Crippen MR) is 120 cm³/mol. The number of benzene rings is 2. The molecule has 8 nitrogen and oxygen atoms in total. The topological polar surface area (TPSA) is 129 Å². The summed E-state index contributed by atoms with van der Waals surface area (Å²) in [4.78, 5) is 17.3. The molecule has 0 unspecified atom stereocenters. The first-order valence-corrected chi connectivity index (χ1v) is 11.9. The summed E-state index contributed by atoms with van der Waals surface area (Å²) in [6.45, 7) is 2.01. The quantitative estimate of drug-likeness (QED) is 0.362. The lowest BCUT2D eigenvalue weighted by molar-refractivity contribution is -0.121. The van der Waals surface area contributed by atoms with Gasteiger partial charge in [-0.25, -0.2) is 4.98 Å². The molecule has 0 spiro atoms. The number of carbonyl (C=O) groups excluding carboxylic acids is 1. The number of hydrogen-bond acceptors (Lipinski definition) is 6. The van der Waals surface area contributed by atoms with Gasteiger partial charge >= 0.3 is 10.3 Å². The van der Waals surface area contributed by atoms with Gasteiger partial charge in [0.2, 0.25) is 5.91 Å². The number of phenols is 1. The Bertz CT molecular complexity index is 1140. The van der Waals surface area contributed by atoms with Crippen molar-refractivity contribution < 1.29 is 22.9 Å². The molecule has 3 rings (SSSR count). The summed E-state index contributed by atoms with van der Waals surface area (Å²) in [5.41, 5.74) is 2.74. The molecule has 0 saturated heterocycles. The highest BCUT2D eigenvalue weighted by Crippen LogP contribution is 2.24. The minimum Gasteiger partial charge on any atom is -0.508 e. The number of phenolic OH excluding ortho intramolecular Hbond substituents is 1. The lowest BCUT2D eigenvalue weighted by Gasteiger charge is -2.17. The smallest absolute Gasteiger partial charge is 0.357 e. The van der Waals surface area contributed by atoms with Crippen molar-refractivity contribution in [1.82, 2.24) is 10.3 Å². The highest BCUT2D eigenvalue weighted by molar-refractivity contribution is 7.87. The van der Waals surface area contributed by atoms with Crippen LogP contribution in [-0.4, -0.2) is 29.0 Å². The molecule has 0 fully saturated rings. The van der Waals surface area contributed by atoms with Gasteiger partial charge in [0.25, 0.3) is 0 Å². The molecule has 0 aliphatic carbocycles. The van der Waals surface area contributed by atoms with Gasteiger partial charge in [-0.2, -0.15) is 8.42 Å². The average molecular weight is 462 g/mol. The van der Waals surface area contributed by atoms with Gasteiger partial charge in [0.15, 0.2) is 0 Å². The van der Waals surface area contributed by atoms with E-state index in [1.54, 1.807) is 36.4 Å². The van der Waals surface area contributed by atoms with Crippen LogP contribution in [0.3, 0.4) is 0 Å². The maximum atomic E-state index is 12.7. The van der Waals surface area contributed by atoms with Crippen molar-refractivity contribution in [2.45, 2.75) is 32.2 Å². The van der Waals surface area contributed by atoms with Crippen molar-refractivity contribution in [3.63, 3.8) is 0 Å². The van der Waals surface area contributed by atoms with E-state index in [4.69, 9.17) is 4.55 Å². The van der Waals surface area contributed by atoms with Crippen LogP contribution in [0.5, 0.6) is 5.75 Å². The molecule has 1 amide bonds. The number of thiazole rings is 1. The van der Waals surface area contributed by atoms with Crippen molar-refractivity contribution in [2.24, 2.45) is 0 Å². The fraction of sp³-hybridized carbons (Fsp3) is 0.238. The maximum Gasteiger partial charge on any atom is 0.357 e. The van der Waals surface area contributed by atoms with E-state index < -0.39 is 10.3 Å². The number of aryl methyl sites for hydroxylation is 1. The van der Waals surface area contributed by atoms with Gasteiger partial charge < -0.3 is 10.4 Å². The summed E-state index contributed by atoms with van der Waals surface area (Å²) < 4.78 is 32.8. The number of amides is 1. The standard InChI is InChI=1S/C21H23N3O5S2/c1-2-16-13-30-21(22-16)19(23-20(26)12-15-4-3-5-18(25)10-15)11-14-6-8-17(9-7-14)24-31(27,28)29/h3-10,13,19,24-25H,2,11-12H2,1H3,(H,23,26)(H,27,28,29)/t19-/m0/s1. The molecule has 1 atom stereocenters. The van der Waals surface area contributed by atoms with Gasteiger partial charge in [-0.1, -0.05) is 31.2 Å². The zero-order chi connectivity index (χ0) is 22.4. The van der Waals surface area contributed by atoms with E-state index in [2.05, 4.69) is 10.3 Å². The Morgan fingerprint density at radius 2 is 1.90 bits per heavy atom. The molecule has 0 aliphatic rings. The molecule has 2 aromatic carbocycles. The molecule has 31 heavy (non-hydrogen) atoms. The van der Waals surface area contributed by atoms with Crippen molar-refractivity contribution in [3.8, 4) is 5.75 Å². The van der Waals surface area contributed by atoms with E-state index in [1.165, 1.54) is 23.5 Å². The average Bonchev–Trinajstić information content (AvgIpc) is 3.17. The number of hydrogen-bond donors (Lipinski definition) is 4. The minimum absolute atomic E-state index is 0.105. The maximum absolute atomic E-state index is 12.7. The number of carbonyl (C=O) groups is 1. The Balaban J connectivity index is 1.75. The lowest BCUT2D eigenvalue weighted by Crippen LogP contribution is -2.31. The molecule has 0 radical (unpaired) electrons. The van der Waals surface area contributed by atoms with Crippen molar-refractivity contribution >= 4 is 33.2 Å². The SMILES string of the molecule is CCc1csc([C@H](Cc2ccc(NS(=O)(=O)O)cc2)NC(=O)Cc2cccc(O)c2)n1. The van der Waals surface area contributed by atoms with Gasteiger partial charge in [0.1, 0.15) is 10.8 Å². The van der Waals surface area contributed by atoms with Crippen molar-refractivity contribution in [3.05, 3.63) is 75.7 Å². The highest BCUT2D eigenvalue weighted by atomic mass is 32.2. The van der Waals surface area contributed by atoms with Gasteiger partial charge in [0.05, 0.1) is 23.8 Å². The summed E-state index contributed by atoms with van der Waals surface area (Å²) in [6, 6.07) is 12.7. The first kappa shape index (κ1) is 22.7. The summed E-state index contributed by atoms with van der Waals surface area (Å²) in [6.07, 6.45) is 1.36. The first-order valence-electron chi connectivity index (χ1n) is 9.57. The van der Waals surface area contributed by atoms with Gasteiger partial charge in [-0.3, -0.25) is 14.1 Å². The highest BCUT2D eigenvalue weighted by Gasteiger charge is 2.19. The third kappa shape index (κ3) is 7.06. The minimum atomic E-state index is -4.34. The number of aromatic nitrogens is 1. The number of anilines is 1. The molecule has 0 aliphatic heterocycles. The molecular formula is C21H23N3O5S2. The Hall–Kier alpha value is -2.95. The molecule has 0 saturated carbocycles. The second-order valence-corrected chi connectivity index (χ2v) is 9.02. The summed E-state index contributed by atoms with van der Waals surface area (Å²) in [5, 5.41) is 15.4. The van der Waals surface area contributed by atoms with Crippen molar-refractivity contribution in [1.29, 1.82) is 0 Å². The summed E-state index contributed by atoms with van der Waals surface area (Å²) in [7, 11) is -4.34. The fourth-order valence-corrected chi connectivity index (χ4v) is 4.42. The van der Waals surface area contributed by atoms with E-state index >= 15 is 0 Å². The largest absolute Gasteiger partial charge is 0.508 e. The summed E-state index contributed by atoms with van der Waals surface area (Å²) in [5.74, 6) is -0.0959. The molecule has 10 heteroatoms. The Morgan fingerprint density at radius 1 is 1.16 bits per heavy atom. The van der Waals surface area contributed by atoms with E-state index in [0.29, 0.717) is 12.0 Å². The molecule has 0 bridgehead atoms. The van der Waals surface area contributed by atoms with Crippen LogP contribution in [0.15, 0.2) is 53.9 Å². The second kappa shape index (κ2) is 9.90. The molecule has 1 aromatic heterocycles. The molecule has 164 valence electrons. The van der Waals surface area contributed by atoms with Crippen LogP contribution in [0.4, 0.5) is 5.69 Å². The molecule has 4 N–H and O–H groups in total. The Labute approximate surface area is 184 Å². The Kier molecular flexibility index (Phi) is 7.26. The second-order valence-electron chi connectivity index (χ2n) is 6.98. The molecule has 1 heterocycles. The van der Waals surface area contributed by atoms with Gasteiger partial charge in [0, 0.05) is 5.38 Å². The zero-order valence-corrected chi connectivity index (χ0v) is 18.4. The van der Waals surface area contributed by atoms with Crippen molar-refractivity contribution in [2.75, 3.05) is 4.72 Å². The third-order valence-electron chi connectivity index (χ3n) is 4.48. The first-order chi connectivity index (χ1) is 14.7. The lowest BCUT2D eigenvalue weighted by atomic mass is 10.0. The van der Waals surface area contributed by atoms with E-state index in [0.717, 1.165) is 22.7 Å². The molecule has 3 aromatic rings. The van der Waals surface area contributed by atoms with Crippen LogP contribution in [0.2, 0.25) is 0 Å². The van der Waals surface area contributed by atoms with Crippen LogP contribution in [0.25, 0.3) is 0 Å². The van der Waals surface area contributed by atoms with Crippen LogP contribution >= 0.6 is 11.3 Å². The third-order valence-corrected chi connectivity index (χ3v) is 5.98. The van der Waals surface area contributed by atoms with Crippen LogP contribution in [-0.2, 0) is 34.4 Å². The van der Waals surface area contributed by atoms with Gasteiger partial charge in [-0.15, -0.1) is 11.3 Å². The van der Waals surface area contributed by atoms with E-state index in [9.17, 15) is 18.3 Å². The Morgan fingerprint density at radius 3 is 2.52 bits per heavy atom. The van der Waals surface area contributed by atoms with Crippen LogP contribution in [0.1, 0.15) is 34.8 Å². The summed E-state index contributed by atoms with van der Waals surface area (Å²) >= 11 is 1.47. The van der Waals surface area contributed by atoms with E-state index in [-0.39, 0.29) is 29.8 Å². The monoisotopic (exact) mass is 461 g/mol. The number of nitrogens with one attached hydrogen (secondary N) is 2. The number of aromatic hydroxyl groups is 1. The predicted octanol–water partition coefficient (Wildman–Crippen LogP) is 3.27. The number of rotatable bonds is 9. The fourth-order valence-electron chi connectivity index (χ4n) is 3.04. The normalized spacial score (nSPS) is 12.3. The van der Waals surface area contributed by atoms with Gasteiger partial charge in [-0.05, 0) is 48.2 Å². The molecular weight excluding hydrogens is 438 g/mol. The van der Waals surface area contributed by atoms with Crippen LogP contribution in [0, 0.1) is 0 Å². The number of nitrogens with zero attached hydrogens (tertiary/aromatic N) is 1. The van der Waals surface area contributed by atoms with E-state index in [1.807, 2.05) is 17.0 Å². The zero-order valence-electron chi connectivity index (χ0n) is 16.8.